The van der Waals surface area contributed by atoms with E-state index in [1.165, 1.54) is 0 Å². The van der Waals surface area contributed by atoms with Gasteiger partial charge in [-0.2, -0.15) is 0 Å². The molecule has 4 nitrogen and oxygen atoms in total. The number of aromatic nitrogens is 1. The van der Waals surface area contributed by atoms with Gasteiger partial charge in [-0.05, 0) is 18.6 Å². The molecule has 0 unspecified atom stereocenters. The lowest BCUT2D eigenvalue weighted by atomic mass is 10.3. The largest absolute Gasteiger partial charge is 0.349 e. The van der Waals surface area contributed by atoms with Crippen molar-refractivity contribution in [3.63, 3.8) is 0 Å². The molecule has 0 aliphatic heterocycles. The van der Waals surface area contributed by atoms with E-state index in [4.69, 9.17) is 0 Å². The molecule has 0 aliphatic rings. The minimum Gasteiger partial charge on any atom is -0.349 e. The van der Waals surface area contributed by atoms with Crippen molar-refractivity contribution in [3.05, 3.63) is 24.0 Å². The Bertz CT molecular complexity index is 345. The normalized spacial score (nSPS) is 9.67. The zero-order chi connectivity index (χ0) is 11.4. The lowest BCUT2D eigenvalue weighted by Gasteiger charge is -2.22. The molecule has 0 aliphatic carbocycles. The SMILES string of the molecule is Cc1cnccc1N=C(N(C)C)N(C)C. The standard InChI is InChI=1S/C11H18N4/c1-9-8-12-7-6-10(9)13-11(14(2)3)15(4)5/h6-8H,1-5H3. The summed E-state index contributed by atoms with van der Waals surface area (Å²) in [7, 11) is 7.93. The summed E-state index contributed by atoms with van der Waals surface area (Å²) in [6.07, 6.45) is 3.58. The highest BCUT2D eigenvalue weighted by Crippen LogP contribution is 2.16. The number of aliphatic imine (C=N–C) groups is 1. The molecule has 0 radical (unpaired) electrons. The number of aryl methyl sites for hydroxylation is 1. The van der Waals surface area contributed by atoms with Crippen LogP contribution in [0.2, 0.25) is 0 Å². The maximum absolute atomic E-state index is 4.59. The fourth-order valence-corrected chi connectivity index (χ4v) is 1.30. The lowest BCUT2D eigenvalue weighted by molar-refractivity contribution is 0.484. The number of guanidine groups is 1. The Hall–Kier alpha value is -1.58. The Morgan fingerprint density at radius 1 is 1.20 bits per heavy atom. The van der Waals surface area contributed by atoms with Crippen LogP contribution in [0.25, 0.3) is 0 Å². The van der Waals surface area contributed by atoms with Crippen LogP contribution >= 0.6 is 0 Å². The minimum atomic E-state index is 0.921. The molecule has 0 bridgehead atoms. The summed E-state index contributed by atoms with van der Waals surface area (Å²) in [6.45, 7) is 2.01. The van der Waals surface area contributed by atoms with Gasteiger partial charge in [-0.25, -0.2) is 4.99 Å². The minimum absolute atomic E-state index is 0.921. The van der Waals surface area contributed by atoms with Crippen LogP contribution in [0.3, 0.4) is 0 Å². The summed E-state index contributed by atoms with van der Waals surface area (Å²) in [5, 5.41) is 0. The number of pyridine rings is 1. The first-order valence-corrected chi connectivity index (χ1v) is 4.86. The van der Waals surface area contributed by atoms with Gasteiger partial charge in [-0.15, -0.1) is 0 Å². The van der Waals surface area contributed by atoms with Gasteiger partial charge in [0, 0.05) is 40.6 Å². The van der Waals surface area contributed by atoms with Crippen LogP contribution in [0.15, 0.2) is 23.5 Å². The number of hydrogen-bond donors (Lipinski definition) is 0. The molecule has 0 amide bonds. The maximum atomic E-state index is 4.59. The third kappa shape index (κ3) is 2.94. The van der Waals surface area contributed by atoms with Crippen LogP contribution in [-0.4, -0.2) is 48.9 Å². The van der Waals surface area contributed by atoms with E-state index in [1.54, 1.807) is 6.20 Å². The van der Waals surface area contributed by atoms with Gasteiger partial charge >= 0.3 is 0 Å². The highest BCUT2D eigenvalue weighted by Gasteiger charge is 2.05. The molecule has 0 saturated carbocycles. The summed E-state index contributed by atoms with van der Waals surface area (Å²) in [5.74, 6) is 0.921. The van der Waals surface area contributed by atoms with E-state index in [2.05, 4.69) is 9.98 Å². The summed E-state index contributed by atoms with van der Waals surface area (Å²) in [6, 6.07) is 1.92. The second kappa shape index (κ2) is 4.77. The highest BCUT2D eigenvalue weighted by atomic mass is 15.3. The van der Waals surface area contributed by atoms with E-state index in [-0.39, 0.29) is 0 Å². The van der Waals surface area contributed by atoms with Crippen molar-refractivity contribution < 1.29 is 0 Å². The van der Waals surface area contributed by atoms with Gasteiger partial charge < -0.3 is 9.80 Å². The van der Waals surface area contributed by atoms with Crippen molar-refractivity contribution in [3.8, 4) is 0 Å². The van der Waals surface area contributed by atoms with Crippen molar-refractivity contribution in [2.24, 2.45) is 4.99 Å². The Balaban J connectivity index is 3.08. The summed E-state index contributed by atoms with van der Waals surface area (Å²) in [4.78, 5) is 12.6. The topological polar surface area (TPSA) is 31.7 Å². The van der Waals surface area contributed by atoms with Gasteiger partial charge in [0.25, 0.3) is 0 Å². The van der Waals surface area contributed by atoms with Crippen LogP contribution < -0.4 is 0 Å². The first-order valence-electron chi connectivity index (χ1n) is 4.86. The van der Waals surface area contributed by atoms with Crippen LogP contribution in [0.1, 0.15) is 5.56 Å². The number of nitrogens with zero attached hydrogens (tertiary/aromatic N) is 4. The van der Waals surface area contributed by atoms with Crippen molar-refractivity contribution in [2.45, 2.75) is 6.92 Å². The van der Waals surface area contributed by atoms with Crippen LogP contribution in [0.4, 0.5) is 5.69 Å². The second-order valence-corrected chi connectivity index (χ2v) is 3.86. The third-order valence-electron chi connectivity index (χ3n) is 2.01. The molecule has 1 aromatic heterocycles. The average Bonchev–Trinajstić information content (AvgIpc) is 2.15. The van der Waals surface area contributed by atoms with Crippen molar-refractivity contribution in [2.75, 3.05) is 28.2 Å². The molecular weight excluding hydrogens is 188 g/mol. The summed E-state index contributed by atoms with van der Waals surface area (Å²) in [5.41, 5.74) is 2.04. The predicted octanol–water partition coefficient (Wildman–Crippen LogP) is 1.50. The van der Waals surface area contributed by atoms with Gasteiger partial charge in [0.05, 0.1) is 5.69 Å². The molecule has 4 heteroatoms. The van der Waals surface area contributed by atoms with E-state index in [0.717, 1.165) is 17.2 Å². The fraction of sp³-hybridized carbons (Fsp3) is 0.455. The van der Waals surface area contributed by atoms with E-state index in [1.807, 2.05) is 57.2 Å². The summed E-state index contributed by atoms with van der Waals surface area (Å²) >= 11 is 0. The van der Waals surface area contributed by atoms with Crippen molar-refractivity contribution >= 4 is 11.6 Å². The van der Waals surface area contributed by atoms with Crippen LogP contribution in [0.5, 0.6) is 0 Å². The predicted molar refractivity (Wildman–Crippen MR) is 63.4 cm³/mol. The average molecular weight is 206 g/mol. The van der Waals surface area contributed by atoms with E-state index >= 15 is 0 Å². The van der Waals surface area contributed by atoms with Crippen molar-refractivity contribution in [1.82, 2.24) is 14.8 Å². The van der Waals surface area contributed by atoms with Crippen LogP contribution in [0, 0.1) is 6.92 Å². The summed E-state index contributed by atoms with van der Waals surface area (Å²) < 4.78 is 0. The smallest absolute Gasteiger partial charge is 0.200 e. The fourth-order valence-electron chi connectivity index (χ4n) is 1.30. The Morgan fingerprint density at radius 2 is 1.80 bits per heavy atom. The molecule has 0 atom stereocenters. The third-order valence-corrected chi connectivity index (χ3v) is 2.01. The molecule has 0 fully saturated rings. The molecule has 0 N–H and O–H groups in total. The van der Waals surface area contributed by atoms with Gasteiger partial charge in [0.1, 0.15) is 0 Å². The lowest BCUT2D eigenvalue weighted by Crippen LogP contribution is -2.35. The Kier molecular flexibility index (Phi) is 3.66. The zero-order valence-electron chi connectivity index (χ0n) is 10.0. The molecular formula is C11H18N4. The van der Waals surface area contributed by atoms with Crippen LogP contribution in [-0.2, 0) is 0 Å². The Labute approximate surface area is 91.3 Å². The first kappa shape index (κ1) is 11.5. The molecule has 0 saturated heterocycles. The van der Waals surface area contributed by atoms with E-state index < -0.39 is 0 Å². The Morgan fingerprint density at radius 3 is 2.27 bits per heavy atom. The highest BCUT2D eigenvalue weighted by molar-refractivity contribution is 5.82. The van der Waals surface area contributed by atoms with Gasteiger partial charge in [-0.1, -0.05) is 0 Å². The number of rotatable bonds is 1. The van der Waals surface area contributed by atoms with E-state index in [0.29, 0.717) is 0 Å². The van der Waals surface area contributed by atoms with E-state index in [9.17, 15) is 0 Å². The van der Waals surface area contributed by atoms with Gasteiger partial charge in [0.2, 0.25) is 5.96 Å². The number of hydrogen-bond acceptors (Lipinski definition) is 2. The van der Waals surface area contributed by atoms with Gasteiger partial charge in [0.15, 0.2) is 0 Å². The van der Waals surface area contributed by atoms with Crippen molar-refractivity contribution in [1.29, 1.82) is 0 Å². The molecule has 1 rings (SSSR count). The first-order chi connectivity index (χ1) is 7.02. The maximum Gasteiger partial charge on any atom is 0.200 e. The van der Waals surface area contributed by atoms with Gasteiger partial charge in [-0.3, -0.25) is 4.98 Å². The molecule has 1 aromatic rings. The molecule has 15 heavy (non-hydrogen) atoms. The molecule has 0 aromatic carbocycles. The molecule has 1 heterocycles. The second-order valence-electron chi connectivity index (χ2n) is 3.86. The zero-order valence-corrected chi connectivity index (χ0v) is 10.0. The molecule has 82 valence electrons. The monoisotopic (exact) mass is 206 g/mol. The molecule has 0 spiro atoms. The quantitative estimate of drug-likeness (QED) is 0.515.